The number of amides is 1. The van der Waals surface area contributed by atoms with Crippen molar-refractivity contribution < 1.29 is 9.53 Å². The molecule has 4 nitrogen and oxygen atoms in total. The lowest BCUT2D eigenvalue weighted by atomic mass is 10.0. The summed E-state index contributed by atoms with van der Waals surface area (Å²) in [7, 11) is 0. The molecule has 1 aromatic heterocycles. The number of hydrogen-bond acceptors (Lipinski definition) is 4. The molecule has 0 aliphatic carbocycles. The van der Waals surface area contributed by atoms with Crippen molar-refractivity contribution in [3.05, 3.63) is 93.8 Å². The summed E-state index contributed by atoms with van der Waals surface area (Å²) in [6.07, 6.45) is 0.00430. The van der Waals surface area contributed by atoms with Crippen molar-refractivity contribution in [2.45, 2.75) is 33.3 Å². The molecule has 0 radical (unpaired) electrons. The number of carbonyl (C=O) groups excluding carboxylic acids is 1. The van der Waals surface area contributed by atoms with E-state index >= 15 is 0 Å². The Morgan fingerprint density at radius 3 is 2.24 bits per heavy atom. The highest BCUT2D eigenvalue weighted by Crippen LogP contribution is 2.34. The number of nitrogens with zero attached hydrogens (tertiary/aromatic N) is 1. The number of hydrogen-bond donors (Lipinski definition) is 1. The molecule has 33 heavy (non-hydrogen) atoms. The van der Waals surface area contributed by atoms with E-state index in [1.807, 2.05) is 37.3 Å². The largest absolute Gasteiger partial charge is 0.441 e. The highest BCUT2D eigenvalue weighted by molar-refractivity contribution is 7.06. The molecule has 1 amide bonds. The van der Waals surface area contributed by atoms with Crippen LogP contribution in [0.15, 0.2) is 72.8 Å². The van der Waals surface area contributed by atoms with Gasteiger partial charge >= 0.3 is 6.09 Å². The SMILES string of the molecule is CCc1ccc(-c2ccc(-c3nsc(C)c3NC(=O)O[C@H](C)c3ccccc3Cl)cc2)cc1. The highest BCUT2D eigenvalue weighted by atomic mass is 35.5. The molecule has 0 aliphatic rings. The third-order valence-electron chi connectivity index (χ3n) is 5.57. The number of aromatic nitrogens is 1. The third-order valence-corrected chi connectivity index (χ3v) is 6.67. The summed E-state index contributed by atoms with van der Waals surface area (Å²) in [5.74, 6) is 0. The Hall–Kier alpha value is -3.15. The van der Waals surface area contributed by atoms with E-state index in [-0.39, 0.29) is 0 Å². The summed E-state index contributed by atoms with van der Waals surface area (Å²) >= 11 is 7.58. The Morgan fingerprint density at radius 1 is 1.00 bits per heavy atom. The quantitative estimate of drug-likeness (QED) is 0.304. The number of ether oxygens (including phenoxy) is 1. The predicted molar refractivity (Wildman–Crippen MR) is 137 cm³/mol. The summed E-state index contributed by atoms with van der Waals surface area (Å²) in [6, 6.07) is 24.1. The Labute approximate surface area is 203 Å². The lowest BCUT2D eigenvalue weighted by molar-refractivity contribution is 0.121. The van der Waals surface area contributed by atoms with Crippen LogP contribution in [0, 0.1) is 6.92 Å². The number of rotatable bonds is 6. The lowest BCUT2D eigenvalue weighted by Gasteiger charge is -2.16. The second-order valence-corrected chi connectivity index (χ2v) is 9.17. The van der Waals surface area contributed by atoms with Crippen LogP contribution in [-0.2, 0) is 11.2 Å². The molecule has 0 bridgehead atoms. The van der Waals surface area contributed by atoms with Gasteiger partial charge in [-0.15, -0.1) is 0 Å². The molecule has 4 rings (SSSR count). The van der Waals surface area contributed by atoms with Crippen LogP contribution in [0.4, 0.5) is 10.5 Å². The number of carbonyl (C=O) groups is 1. The van der Waals surface area contributed by atoms with Crippen molar-refractivity contribution in [1.82, 2.24) is 4.37 Å². The van der Waals surface area contributed by atoms with Crippen LogP contribution in [0.25, 0.3) is 22.4 Å². The fourth-order valence-electron chi connectivity index (χ4n) is 3.63. The van der Waals surface area contributed by atoms with E-state index in [2.05, 4.69) is 53.0 Å². The molecule has 1 N–H and O–H groups in total. The molecule has 0 spiro atoms. The van der Waals surface area contributed by atoms with E-state index in [4.69, 9.17) is 16.3 Å². The summed E-state index contributed by atoms with van der Waals surface area (Å²) in [4.78, 5) is 13.5. The average molecular weight is 477 g/mol. The van der Waals surface area contributed by atoms with Crippen LogP contribution in [-0.4, -0.2) is 10.5 Å². The molecule has 0 saturated carbocycles. The van der Waals surface area contributed by atoms with Gasteiger partial charge in [-0.05, 0) is 54.6 Å². The minimum atomic E-state index is -0.542. The minimum Gasteiger partial charge on any atom is -0.441 e. The van der Waals surface area contributed by atoms with Crippen LogP contribution in [0.2, 0.25) is 5.02 Å². The Bertz CT molecular complexity index is 1250. The molecule has 6 heteroatoms. The topological polar surface area (TPSA) is 51.2 Å². The zero-order valence-electron chi connectivity index (χ0n) is 18.8. The summed E-state index contributed by atoms with van der Waals surface area (Å²) in [6.45, 7) is 5.88. The predicted octanol–water partition coefficient (Wildman–Crippen LogP) is 8.31. The van der Waals surface area contributed by atoms with E-state index in [0.717, 1.165) is 33.7 Å². The van der Waals surface area contributed by atoms with Crippen LogP contribution < -0.4 is 5.32 Å². The number of halogens is 1. The summed E-state index contributed by atoms with van der Waals surface area (Å²) in [5, 5.41) is 3.45. The Morgan fingerprint density at radius 2 is 1.61 bits per heavy atom. The van der Waals surface area contributed by atoms with Gasteiger partial charge in [0.15, 0.2) is 0 Å². The van der Waals surface area contributed by atoms with Crippen molar-refractivity contribution >= 4 is 34.9 Å². The van der Waals surface area contributed by atoms with E-state index in [9.17, 15) is 4.79 Å². The maximum absolute atomic E-state index is 12.6. The first-order valence-corrected chi connectivity index (χ1v) is 12.0. The second kappa shape index (κ2) is 10.2. The third kappa shape index (κ3) is 5.27. The van der Waals surface area contributed by atoms with E-state index in [1.165, 1.54) is 22.7 Å². The molecule has 3 aromatic carbocycles. The average Bonchev–Trinajstić information content (AvgIpc) is 3.19. The van der Waals surface area contributed by atoms with Crippen molar-refractivity contribution in [3.63, 3.8) is 0 Å². The van der Waals surface area contributed by atoms with E-state index in [1.54, 1.807) is 13.0 Å². The molecule has 0 aliphatic heterocycles. The van der Waals surface area contributed by atoms with Gasteiger partial charge in [0.2, 0.25) is 0 Å². The number of aryl methyl sites for hydroxylation is 2. The monoisotopic (exact) mass is 476 g/mol. The van der Waals surface area contributed by atoms with Gasteiger partial charge in [-0.1, -0.05) is 85.3 Å². The first-order chi connectivity index (χ1) is 16.0. The van der Waals surface area contributed by atoms with Crippen molar-refractivity contribution in [2.24, 2.45) is 0 Å². The zero-order valence-corrected chi connectivity index (χ0v) is 20.3. The van der Waals surface area contributed by atoms with Crippen LogP contribution in [0.3, 0.4) is 0 Å². The molecule has 1 heterocycles. The zero-order chi connectivity index (χ0) is 23.4. The van der Waals surface area contributed by atoms with E-state index < -0.39 is 12.2 Å². The molecule has 0 fully saturated rings. The van der Waals surface area contributed by atoms with Gasteiger partial charge in [0, 0.05) is 21.0 Å². The Kier molecular flexibility index (Phi) is 7.11. The lowest BCUT2D eigenvalue weighted by Crippen LogP contribution is -2.16. The van der Waals surface area contributed by atoms with Crippen LogP contribution >= 0.6 is 23.1 Å². The normalized spacial score (nSPS) is 11.8. The Balaban J connectivity index is 1.50. The molecular weight excluding hydrogens is 452 g/mol. The standard InChI is InChI=1S/C27H25ClN2O2S/c1-4-19-9-11-20(12-10-19)21-13-15-22(16-14-21)26-25(18(3)33-30-26)29-27(31)32-17(2)23-7-5-6-8-24(23)28/h5-17H,4H2,1-3H3,(H,29,31)/t17-/m1/s1. The van der Waals surface area contributed by atoms with Gasteiger partial charge in [-0.2, -0.15) is 4.37 Å². The molecule has 0 saturated heterocycles. The second-order valence-electron chi connectivity index (χ2n) is 7.78. The van der Waals surface area contributed by atoms with Gasteiger partial charge in [0.1, 0.15) is 11.8 Å². The van der Waals surface area contributed by atoms with Gasteiger partial charge in [-0.25, -0.2) is 4.79 Å². The van der Waals surface area contributed by atoms with Gasteiger partial charge in [-0.3, -0.25) is 5.32 Å². The first kappa shape index (κ1) is 23.0. The number of anilines is 1. The van der Waals surface area contributed by atoms with Gasteiger partial charge < -0.3 is 4.74 Å². The van der Waals surface area contributed by atoms with Gasteiger partial charge in [0.25, 0.3) is 0 Å². The van der Waals surface area contributed by atoms with Crippen LogP contribution in [0.5, 0.6) is 0 Å². The van der Waals surface area contributed by atoms with Gasteiger partial charge in [0.05, 0.1) is 5.69 Å². The number of nitrogens with one attached hydrogen (secondary N) is 1. The molecular formula is C27H25ClN2O2S. The maximum Gasteiger partial charge on any atom is 0.412 e. The van der Waals surface area contributed by atoms with E-state index in [0.29, 0.717) is 10.7 Å². The maximum atomic E-state index is 12.6. The fraction of sp³-hybridized carbons (Fsp3) is 0.185. The summed E-state index contributed by atoms with van der Waals surface area (Å²) < 4.78 is 10.1. The fourth-order valence-corrected chi connectivity index (χ4v) is 4.58. The highest BCUT2D eigenvalue weighted by Gasteiger charge is 2.19. The number of benzene rings is 3. The van der Waals surface area contributed by atoms with Crippen LogP contribution in [0.1, 0.15) is 36.0 Å². The van der Waals surface area contributed by atoms with Crippen molar-refractivity contribution in [2.75, 3.05) is 5.32 Å². The first-order valence-electron chi connectivity index (χ1n) is 10.8. The summed E-state index contributed by atoms with van der Waals surface area (Å²) in [5.41, 5.74) is 6.71. The smallest absolute Gasteiger partial charge is 0.412 e. The minimum absolute atomic E-state index is 0.479. The molecule has 4 aromatic rings. The molecule has 168 valence electrons. The van der Waals surface area contributed by atoms with Crippen molar-refractivity contribution in [3.8, 4) is 22.4 Å². The van der Waals surface area contributed by atoms with Crippen molar-refractivity contribution in [1.29, 1.82) is 0 Å². The molecule has 1 atom stereocenters. The molecule has 0 unspecified atom stereocenters.